The van der Waals surface area contributed by atoms with Gasteiger partial charge < -0.3 is 0 Å². The average molecular weight is 237 g/mol. The molecule has 0 spiro atoms. The van der Waals surface area contributed by atoms with Crippen molar-refractivity contribution < 1.29 is 5.11 Å². The Labute approximate surface area is 104 Å². The van der Waals surface area contributed by atoms with Gasteiger partial charge in [0.05, 0.1) is 4.86 Å². The topological polar surface area (TPSA) is 19.9 Å². The summed E-state index contributed by atoms with van der Waals surface area (Å²) in [5, 5.41) is 12.0. The van der Waals surface area contributed by atoms with E-state index in [4.69, 9.17) is 12.2 Å². The lowest BCUT2D eigenvalue weighted by Crippen LogP contribution is -2.17. The lowest BCUT2D eigenvalue weighted by atomic mass is 9.79. The Morgan fingerprint density at radius 1 is 1.38 bits per heavy atom. The third-order valence-electron chi connectivity index (χ3n) is 2.68. The first-order valence-corrected chi connectivity index (χ1v) is 6.27. The summed E-state index contributed by atoms with van der Waals surface area (Å²) in [4.78, 5) is 0.571. The summed E-state index contributed by atoms with van der Waals surface area (Å²) in [5.41, 5.74) is 2.36. The highest BCUT2D eigenvalue weighted by Crippen LogP contribution is 2.36. The van der Waals surface area contributed by atoms with Gasteiger partial charge in [-0.05, 0) is 23.3 Å². The standard InChI is InChI=1S/C14H21OS/c1-9(2)12-10(8-14(3,4)5)6-7-11(16)13(12)15/h6,9H,7-8H2,1-5H3. The van der Waals surface area contributed by atoms with Crippen LogP contribution in [0.2, 0.25) is 0 Å². The second-order valence-corrected chi connectivity index (χ2v) is 6.48. The summed E-state index contributed by atoms with van der Waals surface area (Å²) in [7, 11) is 0. The van der Waals surface area contributed by atoms with E-state index in [1.54, 1.807) is 0 Å². The van der Waals surface area contributed by atoms with Gasteiger partial charge in [0.2, 0.25) is 0 Å². The van der Waals surface area contributed by atoms with Crippen LogP contribution in [0.25, 0.3) is 0 Å². The number of hydrogen-bond donors (Lipinski definition) is 0. The molecular formula is C14H21OS. The largest absolute Gasteiger partial charge is 0.288 e. The van der Waals surface area contributed by atoms with E-state index in [2.05, 4.69) is 40.7 Å². The number of allylic oxidation sites excluding steroid dienone is 4. The highest BCUT2D eigenvalue weighted by atomic mass is 32.1. The molecule has 16 heavy (non-hydrogen) atoms. The highest BCUT2D eigenvalue weighted by Gasteiger charge is 2.26. The molecule has 1 radical (unpaired) electrons. The number of thiocarbonyl (C=S) groups is 1. The molecule has 0 N–H and O–H groups in total. The summed E-state index contributed by atoms with van der Waals surface area (Å²) in [6.45, 7) is 10.7. The fraction of sp³-hybridized carbons (Fsp3) is 0.643. The minimum atomic E-state index is 0.103. The van der Waals surface area contributed by atoms with Gasteiger partial charge >= 0.3 is 0 Å². The van der Waals surface area contributed by atoms with Crippen molar-refractivity contribution in [3.63, 3.8) is 0 Å². The molecule has 1 aliphatic rings. The predicted octanol–water partition coefficient (Wildman–Crippen LogP) is 4.46. The van der Waals surface area contributed by atoms with Crippen LogP contribution < -0.4 is 0 Å². The molecule has 0 aliphatic heterocycles. The van der Waals surface area contributed by atoms with Gasteiger partial charge in [0.15, 0.2) is 5.76 Å². The molecule has 0 amide bonds. The van der Waals surface area contributed by atoms with E-state index in [1.807, 2.05) is 0 Å². The van der Waals surface area contributed by atoms with Gasteiger partial charge in [-0.15, -0.1) is 0 Å². The normalized spacial score (nSPS) is 18.1. The first-order valence-electron chi connectivity index (χ1n) is 5.86. The Balaban J connectivity index is 3.06. The maximum absolute atomic E-state index is 12.0. The lowest BCUT2D eigenvalue weighted by Gasteiger charge is -2.26. The maximum Gasteiger partial charge on any atom is 0.196 e. The van der Waals surface area contributed by atoms with Crippen LogP contribution in [0.5, 0.6) is 0 Å². The maximum atomic E-state index is 12.0. The Morgan fingerprint density at radius 3 is 2.38 bits per heavy atom. The van der Waals surface area contributed by atoms with E-state index >= 15 is 0 Å². The fourth-order valence-corrected chi connectivity index (χ4v) is 2.28. The highest BCUT2D eigenvalue weighted by molar-refractivity contribution is 7.80. The van der Waals surface area contributed by atoms with Gasteiger partial charge in [0.25, 0.3) is 0 Å². The molecule has 0 aromatic rings. The van der Waals surface area contributed by atoms with Crippen LogP contribution in [0.15, 0.2) is 23.0 Å². The average Bonchev–Trinajstić information content (AvgIpc) is 2.08. The van der Waals surface area contributed by atoms with E-state index in [0.29, 0.717) is 11.3 Å². The zero-order valence-electron chi connectivity index (χ0n) is 10.9. The van der Waals surface area contributed by atoms with E-state index in [1.165, 1.54) is 5.57 Å². The number of rotatable bonds is 2. The molecule has 1 nitrogen and oxygen atoms in total. The van der Waals surface area contributed by atoms with Crippen molar-refractivity contribution in [2.45, 2.75) is 47.5 Å². The lowest BCUT2D eigenvalue weighted by molar-refractivity contribution is 0.313. The number of hydrogen-bond acceptors (Lipinski definition) is 1. The van der Waals surface area contributed by atoms with Crippen LogP contribution in [0.1, 0.15) is 47.5 Å². The predicted molar refractivity (Wildman–Crippen MR) is 71.9 cm³/mol. The van der Waals surface area contributed by atoms with Crippen molar-refractivity contribution in [2.24, 2.45) is 11.3 Å². The molecule has 0 bridgehead atoms. The fourth-order valence-electron chi connectivity index (χ4n) is 2.09. The monoisotopic (exact) mass is 237 g/mol. The summed E-state index contributed by atoms with van der Waals surface area (Å²) >= 11 is 5.10. The molecule has 0 saturated carbocycles. The second-order valence-electron chi connectivity index (χ2n) is 5.99. The van der Waals surface area contributed by atoms with Crippen LogP contribution in [0.3, 0.4) is 0 Å². The minimum Gasteiger partial charge on any atom is -0.288 e. The Bertz CT molecular complexity index is 353. The van der Waals surface area contributed by atoms with Gasteiger partial charge in [-0.25, -0.2) is 0 Å². The summed E-state index contributed by atoms with van der Waals surface area (Å²) in [5.74, 6) is 0.367. The molecule has 2 heteroatoms. The third-order valence-corrected chi connectivity index (χ3v) is 3.03. The van der Waals surface area contributed by atoms with Gasteiger partial charge in [-0.3, -0.25) is 5.11 Å². The molecule has 89 valence electrons. The van der Waals surface area contributed by atoms with Crippen molar-refractivity contribution in [3.8, 4) is 0 Å². The first-order chi connectivity index (χ1) is 7.22. The SMILES string of the molecule is CC(C)C1=C([O])C(=S)CC=C1CC(C)(C)C. The third kappa shape index (κ3) is 3.18. The molecule has 0 fully saturated rings. The van der Waals surface area contributed by atoms with Crippen molar-refractivity contribution in [1.29, 1.82) is 0 Å². The smallest absolute Gasteiger partial charge is 0.196 e. The van der Waals surface area contributed by atoms with Crippen LogP contribution in [0.4, 0.5) is 0 Å². The molecule has 0 aromatic carbocycles. The van der Waals surface area contributed by atoms with Gasteiger partial charge in [0.1, 0.15) is 0 Å². The Hall–Kier alpha value is -0.630. The van der Waals surface area contributed by atoms with Crippen LogP contribution >= 0.6 is 12.2 Å². The van der Waals surface area contributed by atoms with Crippen LogP contribution in [-0.2, 0) is 5.11 Å². The van der Waals surface area contributed by atoms with Crippen molar-refractivity contribution in [3.05, 3.63) is 23.0 Å². The minimum absolute atomic E-state index is 0.103. The molecule has 1 aliphatic carbocycles. The van der Waals surface area contributed by atoms with E-state index < -0.39 is 0 Å². The van der Waals surface area contributed by atoms with Crippen molar-refractivity contribution >= 4 is 17.1 Å². The van der Waals surface area contributed by atoms with E-state index in [-0.39, 0.29) is 17.1 Å². The first kappa shape index (κ1) is 13.4. The molecule has 0 atom stereocenters. The van der Waals surface area contributed by atoms with E-state index in [9.17, 15) is 5.11 Å². The second kappa shape index (κ2) is 4.70. The molecular weight excluding hydrogens is 216 g/mol. The van der Waals surface area contributed by atoms with Crippen LogP contribution in [-0.4, -0.2) is 4.86 Å². The zero-order valence-corrected chi connectivity index (χ0v) is 11.7. The molecule has 1 rings (SSSR count). The molecule has 0 unspecified atom stereocenters. The van der Waals surface area contributed by atoms with Gasteiger partial charge in [0, 0.05) is 12.0 Å². The zero-order chi connectivity index (χ0) is 12.5. The van der Waals surface area contributed by atoms with Crippen molar-refractivity contribution in [1.82, 2.24) is 0 Å². The summed E-state index contributed by atoms with van der Waals surface area (Å²) < 4.78 is 0. The summed E-state index contributed by atoms with van der Waals surface area (Å²) in [6.07, 6.45) is 3.75. The van der Waals surface area contributed by atoms with Gasteiger partial charge in [-0.1, -0.05) is 52.9 Å². The van der Waals surface area contributed by atoms with Crippen LogP contribution in [0, 0.1) is 11.3 Å². The Kier molecular flexibility index (Phi) is 3.95. The Morgan fingerprint density at radius 2 is 1.94 bits per heavy atom. The summed E-state index contributed by atoms with van der Waals surface area (Å²) in [6, 6.07) is 0. The molecule has 0 heterocycles. The molecule has 0 aromatic heterocycles. The quantitative estimate of drug-likeness (QED) is 0.649. The van der Waals surface area contributed by atoms with Crippen molar-refractivity contribution in [2.75, 3.05) is 0 Å². The molecule has 0 saturated heterocycles. The van der Waals surface area contributed by atoms with E-state index in [0.717, 1.165) is 12.0 Å². The van der Waals surface area contributed by atoms with Gasteiger partial charge in [-0.2, -0.15) is 0 Å².